The highest BCUT2D eigenvalue weighted by atomic mass is 32.1. The molecule has 1 aliphatic rings. The topological polar surface area (TPSA) is 61.0 Å². The molecule has 0 saturated heterocycles. The summed E-state index contributed by atoms with van der Waals surface area (Å²) in [6.07, 6.45) is 7.98. The second-order valence-corrected chi connectivity index (χ2v) is 4.04. The lowest BCUT2D eigenvalue weighted by molar-refractivity contribution is 0.200. The van der Waals surface area contributed by atoms with Gasteiger partial charge in [0.25, 0.3) is 0 Å². The van der Waals surface area contributed by atoms with Crippen molar-refractivity contribution in [2.75, 3.05) is 0 Å². The van der Waals surface area contributed by atoms with Crippen LogP contribution in [0, 0.1) is 0 Å². The Balaban J connectivity index is 2.15. The zero-order valence-electron chi connectivity index (χ0n) is 8.35. The lowest BCUT2D eigenvalue weighted by atomic mass is 10.3. The summed E-state index contributed by atoms with van der Waals surface area (Å²) in [5, 5.41) is 0. The van der Waals surface area contributed by atoms with Crippen molar-refractivity contribution in [3.8, 4) is 5.88 Å². The maximum Gasteiger partial charge on any atom is 0.243 e. The summed E-state index contributed by atoms with van der Waals surface area (Å²) in [7, 11) is 0. The molecule has 0 unspecified atom stereocenters. The van der Waals surface area contributed by atoms with E-state index in [1.54, 1.807) is 12.4 Å². The van der Waals surface area contributed by atoms with Gasteiger partial charge >= 0.3 is 0 Å². The molecule has 2 N–H and O–H groups in total. The van der Waals surface area contributed by atoms with Gasteiger partial charge in [0, 0.05) is 12.4 Å². The van der Waals surface area contributed by atoms with Crippen LogP contribution in [-0.4, -0.2) is 21.1 Å². The van der Waals surface area contributed by atoms with Crippen LogP contribution in [0.15, 0.2) is 12.4 Å². The van der Waals surface area contributed by atoms with Gasteiger partial charge in [0.15, 0.2) is 5.69 Å². The minimum atomic E-state index is 0.232. The van der Waals surface area contributed by atoms with Crippen LogP contribution in [0.4, 0.5) is 0 Å². The van der Waals surface area contributed by atoms with Crippen LogP contribution in [0.1, 0.15) is 31.4 Å². The van der Waals surface area contributed by atoms with Crippen molar-refractivity contribution in [3.05, 3.63) is 18.1 Å². The third kappa shape index (κ3) is 2.41. The predicted octanol–water partition coefficient (Wildman–Crippen LogP) is 1.43. The standard InChI is InChI=1S/C10H13N3OS/c11-9(15)8-10(13-6-5-12-8)14-7-3-1-2-4-7/h5-7H,1-4H2,(H2,11,15). The molecule has 0 aromatic carbocycles. The largest absolute Gasteiger partial charge is 0.473 e. The normalized spacial score (nSPS) is 16.5. The molecule has 1 heterocycles. The monoisotopic (exact) mass is 223 g/mol. The molecule has 1 fully saturated rings. The Hall–Kier alpha value is -1.23. The van der Waals surface area contributed by atoms with Crippen LogP contribution in [0.3, 0.4) is 0 Å². The maximum absolute atomic E-state index is 5.73. The number of hydrogen-bond donors (Lipinski definition) is 1. The van der Waals surface area contributed by atoms with Gasteiger partial charge in [0.1, 0.15) is 11.1 Å². The van der Waals surface area contributed by atoms with E-state index in [-0.39, 0.29) is 11.1 Å². The highest BCUT2D eigenvalue weighted by Gasteiger charge is 2.19. The predicted molar refractivity (Wildman–Crippen MR) is 60.8 cm³/mol. The van der Waals surface area contributed by atoms with Crippen LogP contribution in [-0.2, 0) is 0 Å². The molecule has 0 radical (unpaired) electrons. The van der Waals surface area contributed by atoms with Crippen molar-refractivity contribution < 1.29 is 4.74 Å². The van der Waals surface area contributed by atoms with E-state index in [4.69, 9.17) is 22.7 Å². The van der Waals surface area contributed by atoms with E-state index in [2.05, 4.69) is 9.97 Å². The first kappa shape index (κ1) is 10.3. The lowest BCUT2D eigenvalue weighted by Gasteiger charge is -2.13. The van der Waals surface area contributed by atoms with Crippen LogP contribution in [0.25, 0.3) is 0 Å². The van der Waals surface area contributed by atoms with Gasteiger partial charge in [-0.1, -0.05) is 12.2 Å². The van der Waals surface area contributed by atoms with Gasteiger partial charge in [-0.3, -0.25) is 0 Å². The number of nitrogens with zero attached hydrogens (tertiary/aromatic N) is 2. The van der Waals surface area contributed by atoms with Crippen molar-refractivity contribution in [2.45, 2.75) is 31.8 Å². The second-order valence-electron chi connectivity index (χ2n) is 3.60. The Morgan fingerprint density at radius 2 is 2.00 bits per heavy atom. The summed E-state index contributed by atoms with van der Waals surface area (Å²) in [5.41, 5.74) is 6.02. The number of ether oxygens (including phenoxy) is 1. The summed E-state index contributed by atoms with van der Waals surface area (Å²) >= 11 is 4.89. The first-order valence-corrected chi connectivity index (χ1v) is 5.45. The molecule has 5 heteroatoms. The van der Waals surface area contributed by atoms with E-state index in [9.17, 15) is 0 Å². The Kier molecular flexibility index (Phi) is 3.11. The summed E-state index contributed by atoms with van der Waals surface area (Å²) in [6, 6.07) is 0. The molecule has 0 bridgehead atoms. The van der Waals surface area contributed by atoms with E-state index in [0.29, 0.717) is 11.6 Å². The first-order valence-electron chi connectivity index (χ1n) is 5.05. The summed E-state index contributed by atoms with van der Waals surface area (Å²) in [4.78, 5) is 8.41. The summed E-state index contributed by atoms with van der Waals surface area (Å²) < 4.78 is 5.73. The van der Waals surface area contributed by atoms with E-state index in [0.717, 1.165) is 12.8 Å². The van der Waals surface area contributed by atoms with Gasteiger partial charge in [0.2, 0.25) is 5.88 Å². The van der Waals surface area contributed by atoms with Gasteiger partial charge in [-0.2, -0.15) is 0 Å². The van der Waals surface area contributed by atoms with E-state index < -0.39 is 0 Å². The fourth-order valence-corrected chi connectivity index (χ4v) is 1.88. The number of nitrogens with two attached hydrogens (primary N) is 1. The van der Waals surface area contributed by atoms with Crippen molar-refractivity contribution >= 4 is 17.2 Å². The maximum atomic E-state index is 5.73. The Labute approximate surface area is 93.9 Å². The third-order valence-electron chi connectivity index (χ3n) is 2.48. The van der Waals surface area contributed by atoms with E-state index in [1.165, 1.54) is 12.8 Å². The van der Waals surface area contributed by atoms with E-state index >= 15 is 0 Å². The number of rotatable bonds is 3. The average molecular weight is 223 g/mol. The van der Waals surface area contributed by atoms with E-state index in [1.807, 2.05) is 0 Å². The SMILES string of the molecule is NC(=S)c1nccnc1OC1CCCC1. The minimum Gasteiger partial charge on any atom is -0.473 e. The Bertz CT molecular complexity index is 363. The molecule has 1 aliphatic carbocycles. The fourth-order valence-electron chi connectivity index (χ4n) is 1.74. The molecule has 0 aliphatic heterocycles. The first-order chi connectivity index (χ1) is 7.27. The van der Waals surface area contributed by atoms with Gasteiger partial charge < -0.3 is 10.5 Å². The molecular weight excluding hydrogens is 210 g/mol. The van der Waals surface area contributed by atoms with Gasteiger partial charge in [-0.05, 0) is 25.7 Å². The number of aromatic nitrogens is 2. The number of hydrogen-bond acceptors (Lipinski definition) is 4. The average Bonchev–Trinajstić information content (AvgIpc) is 2.71. The third-order valence-corrected chi connectivity index (χ3v) is 2.67. The summed E-state index contributed by atoms with van der Waals surface area (Å²) in [5.74, 6) is 0.469. The Morgan fingerprint density at radius 1 is 1.33 bits per heavy atom. The van der Waals surface area contributed by atoms with Gasteiger partial charge in [0.05, 0.1) is 0 Å². The molecule has 4 nitrogen and oxygen atoms in total. The molecule has 2 rings (SSSR count). The van der Waals surface area contributed by atoms with Crippen LogP contribution in [0.2, 0.25) is 0 Å². The molecule has 1 saturated carbocycles. The zero-order valence-corrected chi connectivity index (χ0v) is 9.17. The van der Waals surface area contributed by atoms with Crippen LogP contribution in [0.5, 0.6) is 5.88 Å². The zero-order chi connectivity index (χ0) is 10.7. The molecule has 1 aromatic rings. The molecular formula is C10H13N3OS. The molecule has 80 valence electrons. The molecule has 0 spiro atoms. The van der Waals surface area contributed by atoms with Crippen LogP contribution >= 0.6 is 12.2 Å². The highest BCUT2D eigenvalue weighted by Crippen LogP contribution is 2.23. The number of thiocarbonyl (C=S) groups is 1. The highest BCUT2D eigenvalue weighted by molar-refractivity contribution is 7.80. The molecule has 15 heavy (non-hydrogen) atoms. The van der Waals surface area contributed by atoms with Crippen molar-refractivity contribution in [2.24, 2.45) is 5.73 Å². The van der Waals surface area contributed by atoms with Gasteiger partial charge in [-0.15, -0.1) is 0 Å². The van der Waals surface area contributed by atoms with Crippen molar-refractivity contribution in [1.29, 1.82) is 0 Å². The quantitative estimate of drug-likeness (QED) is 0.785. The van der Waals surface area contributed by atoms with Crippen molar-refractivity contribution in [1.82, 2.24) is 9.97 Å². The fraction of sp³-hybridized carbons (Fsp3) is 0.500. The summed E-state index contributed by atoms with van der Waals surface area (Å²) in [6.45, 7) is 0. The van der Waals surface area contributed by atoms with Crippen LogP contribution < -0.4 is 10.5 Å². The smallest absolute Gasteiger partial charge is 0.243 e. The van der Waals surface area contributed by atoms with Crippen molar-refractivity contribution in [3.63, 3.8) is 0 Å². The Morgan fingerprint density at radius 3 is 2.67 bits per heavy atom. The lowest BCUT2D eigenvalue weighted by Crippen LogP contribution is -2.18. The molecule has 0 amide bonds. The second kappa shape index (κ2) is 4.53. The molecule has 0 atom stereocenters. The van der Waals surface area contributed by atoms with Gasteiger partial charge in [-0.25, -0.2) is 9.97 Å². The molecule has 1 aromatic heterocycles. The minimum absolute atomic E-state index is 0.232.